The first kappa shape index (κ1) is 23.2. The Balaban J connectivity index is 1.41. The molecule has 1 aliphatic rings. The molecular weight excluding hydrogens is 436 g/mol. The van der Waals surface area contributed by atoms with Crippen LogP contribution >= 0.6 is 0 Å². The average Bonchev–Trinajstić information content (AvgIpc) is 2.92. The summed E-state index contributed by atoms with van der Waals surface area (Å²) >= 11 is 0. The number of aromatic nitrogens is 2. The Morgan fingerprint density at radius 3 is 1.97 bits per heavy atom. The number of carbonyl (C=O) groups excluding carboxylic acids is 1. The van der Waals surface area contributed by atoms with E-state index < -0.39 is 0 Å². The van der Waals surface area contributed by atoms with Crippen LogP contribution in [-0.4, -0.2) is 75.6 Å². The molecule has 178 valence electrons. The van der Waals surface area contributed by atoms with Gasteiger partial charge in [0.05, 0.1) is 34.1 Å². The number of benzene rings is 2. The number of piperazine rings is 1. The molecule has 0 spiro atoms. The lowest BCUT2D eigenvalue weighted by molar-refractivity contribution is 0.0745. The minimum absolute atomic E-state index is 0.0493. The van der Waals surface area contributed by atoms with Crippen molar-refractivity contribution in [1.82, 2.24) is 15.1 Å². The molecule has 0 saturated carbocycles. The van der Waals surface area contributed by atoms with Gasteiger partial charge >= 0.3 is 0 Å². The maximum atomic E-state index is 13.0. The average molecular weight is 465 g/mol. The minimum atomic E-state index is -0.0493. The van der Waals surface area contributed by atoms with E-state index in [0.717, 1.165) is 17.1 Å². The smallest absolute Gasteiger partial charge is 0.254 e. The van der Waals surface area contributed by atoms with Gasteiger partial charge in [-0.25, -0.2) is 0 Å². The van der Waals surface area contributed by atoms with Gasteiger partial charge in [0.2, 0.25) is 0 Å². The van der Waals surface area contributed by atoms with Gasteiger partial charge in [0, 0.05) is 43.4 Å². The molecule has 0 atom stereocenters. The molecule has 0 bridgehead atoms. The van der Waals surface area contributed by atoms with Gasteiger partial charge in [-0.2, -0.15) is 0 Å². The molecular formula is C25H28N4O5. The van der Waals surface area contributed by atoms with Crippen LogP contribution in [0.4, 0.5) is 5.82 Å². The van der Waals surface area contributed by atoms with Crippen molar-refractivity contribution in [3.63, 3.8) is 0 Å². The highest BCUT2D eigenvalue weighted by Crippen LogP contribution is 2.31. The van der Waals surface area contributed by atoms with Crippen molar-refractivity contribution in [1.29, 1.82) is 0 Å². The molecule has 0 radical (unpaired) electrons. The number of amides is 1. The summed E-state index contributed by atoms with van der Waals surface area (Å²) < 4.78 is 21.2. The molecule has 0 N–H and O–H groups in total. The van der Waals surface area contributed by atoms with E-state index in [1.807, 2.05) is 35.2 Å². The fourth-order valence-corrected chi connectivity index (χ4v) is 3.90. The summed E-state index contributed by atoms with van der Waals surface area (Å²) in [6.45, 7) is 2.49. The van der Waals surface area contributed by atoms with E-state index in [2.05, 4.69) is 15.1 Å². The number of ether oxygens (including phenoxy) is 4. The minimum Gasteiger partial charge on any atom is -0.497 e. The third-order valence-corrected chi connectivity index (χ3v) is 5.82. The number of nitrogens with zero attached hydrogens (tertiary/aromatic N) is 4. The molecule has 0 unspecified atom stereocenters. The van der Waals surface area contributed by atoms with Crippen LogP contribution in [0, 0.1) is 0 Å². The topological polar surface area (TPSA) is 86.3 Å². The van der Waals surface area contributed by atoms with E-state index >= 15 is 0 Å². The number of rotatable bonds is 7. The van der Waals surface area contributed by atoms with Gasteiger partial charge in [0.25, 0.3) is 5.91 Å². The van der Waals surface area contributed by atoms with Crippen molar-refractivity contribution in [2.45, 2.75) is 0 Å². The van der Waals surface area contributed by atoms with Gasteiger partial charge in [0.15, 0.2) is 17.3 Å². The van der Waals surface area contributed by atoms with Crippen LogP contribution in [0.5, 0.6) is 23.0 Å². The first-order valence-corrected chi connectivity index (χ1v) is 10.9. The summed E-state index contributed by atoms with van der Waals surface area (Å²) in [5.74, 6) is 3.21. The van der Waals surface area contributed by atoms with Gasteiger partial charge in [-0.1, -0.05) is 0 Å². The Labute approximate surface area is 198 Å². The van der Waals surface area contributed by atoms with Crippen LogP contribution in [0.3, 0.4) is 0 Å². The third kappa shape index (κ3) is 4.83. The second kappa shape index (κ2) is 10.3. The lowest BCUT2D eigenvalue weighted by atomic mass is 10.1. The molecule has 4 rings (SSSR count). The van der Waals surface area contributed by atoms with E-state index in [1.54, 1.807) is 46.6 Å². The van der Waals surface area contributed by atoms with E-state index in [9.17, 15) is 4.79 Å². The number of hydrogen-bond acceptors (Lipinski definition) is 8. The molecule has 1 fully saturated rings. The summed E-state index contributed by atoms with van der Waals surface area (Å²) in [5.41, 5.74) is 2.18. The van der Waals surface area contributed by atoms with Gasteiger partial charge < -0.3 is 28.7 Å². The molecule has 1 amide bonds. The first-order chi connectivity index (χ1) is 16.6. The monoisotopic (exact) mass is 464 g/mol. The fraction of sp³-hybridized carbons (Fsp3) is 0.320. The van der Waals surface area contributed by atoms with Gasteiger partial charge in [0.1, 0.15) is 11.5 Å². The fourth-order valence-electron chi connectivity index (χ4n) is 3.90. The third-order valence-electron chi connectivity index (χ3n) is 5.82. The Hall–Kier alpha value is -4.01. The second-order valence-electron chi connectivity index (χ2n) is 7.73. The predicted octanol–water partition coefficient (Wildman–Crippen LogP) is 3.14. The summed E-state index contributed by atoms with van der Waals surface area (Å²) in [7, 11) is 6.34. The zero-order valence-electron chi connectivity index (χ0n) is 19.8. The molecule has 1 aromatic heterocycles. The molecule has 2 heterocycles. The largest absolute Gasteiger partial charge is 0.497 e. The van der Waals surface area contributed by atoms with Crippen LogP contribution < -0.4 is 23.8 Å². The van der Waals surface area contributed by atoms with Crippen LogP contribution in [0.1, 0.15) is 10.4 Å². The molecule has 9 heteroatoms. The van der Waals surface area contributed by atoms with E-state index in [1.165, 1.54) is 0 Å². The summed E-state index contributed by atoms with van der Waals surface area (Å²) in [6.07, 6.45) is 0. The molecule has 3 aromatic rings. The lowest BCUT2D eigenvalue weighted by Crippen LogP contribution is -2.49. The van der Waals surface area contributed by atoms with E-state index in [4.69, 9.17) is 18.9 Å². The summed E-state index contributed by atoms with van der Waals surface area (Å²) in [5, 5.41) is 8.82. The highest BCUT2D eigenvalue weighted by Gasteiger charge is 2.24. The molecule has 9 nitrogen and oxygen atoms in total. The number of methoxy groups -OCH3 is 4. The van der Waals surface area contributed by atoms with Gasteiger partial charge in [-0.3, -0.25) is 4.79 Å². The molecule has 0 aliphatic carbocycles. The van der Waals surface area contributed by atoms with Gasteiger partial charge in [-0.15, -0.1) is 10.2 Å². The zero-order chi connectivity index (χ0) is 24.1. The number of carbonyl (C=O) groups is 1. The van der Waals surface area contributed by atoms with Gasteiger partial charge in [-0.05, 0) is 42.5 Å². The van der Waals surface area contributed by atoms with Crippen molar-refractivity contribution >= 4 is 11.7 Å². The summed E-state index contributed by atoms with van der Waals surface area (Å²) in [6, 6.07) is 14.7. The van der Waals surface area contributed by atoms with Crippen molar-refractivity contribution in [3.05, 3.63) is 54.1 Å². The quantitative estimate of drug-likeness (QED) is 0.527. The highest BCUT2D eigenvalue weighted by atomic mass is 16.5. The molecule has 1 saturated heterocycles. The normalized spacial score (nSPS) is 13.4. The molecule has 2 aromatic carbocycles. The SMILES string of the molecule is COc1cc(OC)cc(C(=O)N2CCN(c3ccc(-c4ccc(OC)c(OC)c4)nn3)CC2)c1. The number of hydrogen-bond donors (Lipinski definition) is 0. The zero-order valence-corrected chi connectivity index (χ0v) is 19.8. The lowest BCUT2D eigenvalue weighted by Gasteiger charge is -2.35. The van der Waals surface area contributed by atoms with E-state index in [0.29, 0.717) is 54.7 Å². The Bertz CT molecular complexity index is 1120. The maximum Gasteiger partial charge on any atom is 0.254 e. The summed E-state index contributed by atoms with van der Waals surface area (Å²) in [4.78, 5) is 17.0. The first-order valence-electron chi connectivity index (χ1n) is 10.9. The van der Waals surface area contributed by atoms with Crippen molar-refractivity contribution in [2.24, 2.45) is 0 Å². The number of anilines is 1. The standard InChI is InChI=1S/C25H28N4O5/c1-31-19-13-18(14-20(16-19)32-2)25(30)29-11-9-28(10-12-29)24-8-6-21(26-27-24)17-5-7-22(33-3)23(15-17)34-4/h5-8,13-16H,9-12H2,1-4H3. The van der Waals surface area contributed by atoms with Crippen LogP contribution in [-0.2, 0) is 0 Å². The van der Waals surface area contributed by atoms with Crippen molar-refractivity contribution in [3.8, 4) is 34.3 Å². The highest BCUT2D eigenvalue weighted by molar-refractivity contribution is 5.95. The van der Waals surface area contributed by atoms with Crippen molar-refractivity contribution in [2.75, 3.05) is 59.5 Å². The predicted molar refractivity (Wildman–Crippen MR) is 128 cm³/mol. The van der Waals surface area contributed by atoms with Crippen molar-refractivity contribution < 1.29 is 23.7 Å². The Morgan fingerprint density at radius 2 is 1.41 bits per heavy atom. The Morgan fingerprint density at radius 1 is 0.735 bits per heavy atom. The van der Waals surface area contributed by atoms with Crippen LogP contribution in [0.2, 0.25) is 0 Å². The molecule has 1 aliphatic heterocycles. The van der Waals surface area contributed by atoms with E-state index in [-0.39, 0.29) is 5.91 Å². The molecule has 34 heavy (non-hydrogen) atoms. The Kier molecular flexibility index (Phi) is 7.01. The van der Waals surface area contributed by atoms with Crippen LogP contribution in [0.15, 0.2) is 48.5 Å². The second-order valence-corrected chi connectivity index (χ2v) is 7.73. The van der Waals surface area contributed by atoms with Crippen LogP contribution in [0.25, 0.3) is 11.3 Å². The maximum absolute atomic E-state index is 13.0.